The van der Waals surface area contributed by atoms with E-state index in [0.717, 1.165) is 6.42 Å². The molecule has 0 aliphatic carbocycles. The first-order chi connectivity index (χ1) is 11.6. The number of anilines is 1. The van der Waals surface area contributed by atoms with Gasteiger partial charge in [0, 0.05) is 19.2 Å². The summed E-state index contributed by atoms with van der Waals surface area (Å²) in [6.45, 7) is 4.51. The Morgan fingerprint density at radius 1 is 1.33 bits per heavy atom. The van der Waals surface area contributed by atoms with Gasteiger partial charge in [-0.2, -0.15) is 0 Å². The number of nitrogens with one attached hydrogen (secondary N) is 1. The van der Waals surface area contributed by atoms with E-state index in [1.54, 1.807) is 11.1 Å². The molecular weight excluding hydrogens is 326 g/mol. The van der Waals surface area contributed by atoms with Crippen molar-refractivity contribution in [2.24, 2.45) is 5.92 Å². The van der Waals surface area contributed by atoms with Gasteiger partial charge in [0.05, 0.1) is 0 Å². The predicted octanol–water partition coefficient (Wildman–Crippen LogP) is 2.19. The molecule has 1 fully saturated rings. The zero-order valence-corrected chi connectivity index (χ0v) is 14.4. The number of carbonyl (C=O) groups is 2. The summed E-state index contributed by atoms with van der Waals surface area (Å²) in [6, 6.07) is 5.05. The number of aromatic nitrogens is 3. The van der Waals surface area contributed by atoms with Gasteiger partial charge in [-0.25, -0.2) is 0 Å². The minimum Gasteiger partial charge on any atom is -0.330 e. The lowest BCUT2D eigenvalue weighted by atomic mass is 10.0. The summed E-state index contributed by atoms with van der Waals surface area (Å²) >= 11 is 1.27. The van der Waals surface area contributed by atoms with E-state index in [0.29, 0.717) is 28.8 Å². The van der Waals surface area contributed by atoms with E-state index in [-0.39, 0.29) is 17.7 Å². The average Bonchev–Trinajstić information content (AvgIpc) is 3.18. The highest BCUT2D eigenvalue weighted by Crippen LogP contribution is 2.26. The van der Waals surface area contributed by atoms with Gasteiger partial charge in [-0.1, -0.05) is 31.3 Å². The van der Waals surface area contributed by atoms with E-state index in [9.17, 15) is 9.59 Å². The number of hydrogen-bond acceptors (Lipinski definition) is 6. The molecule has 1 atom stereocenters. The van der Waals surface area contributed by atoms with Crippen LogP contribution < -0.4 is 5.32 Å². The molecule has 1 unspecified atom stereocenters. The van der Waals surface area contributed by atoms with Crippen LogP contribution in [0.25, 0.3) is 10.7 Å². The Bertz CT molecular complexity index is 731. The maximum atomic E-state index is 12.7. The summed E-state index contributed by atoms with van der Waals surface area (Å²) in [6.07, 6.45) is 3.00. The summed E-state index contributed by atoms with van der Waals surface area (Å²) < 4.78 is 0. The van der Waals surface area contributed by atoms with Crippen LogP contribution >= 0.6 is 11.3 Å². The van der Waals surface area contributed by atoms with Crippen LogP contribution in [-0.2, 0) is 9.59 Å². The molecule has 1 N–H and O–H groups in total. The quantitative estimate of drug-likeness (QED) is 0.897. The number of nitrogens with zero attached hydrogens (tertiary/aromatic N) is 4. The second-order valence-electron chi connectivity index (χ2n) is 6.00. The van der Waals surface area contributed by atoms with Crippen molar-refractivity contribution in [3.63, 3.8) is 0 Å². The zero-order valence-electron chi connectivity index (χ0n) is 13.6. The average molecular weight is 345 g/mol. The molecule has 8 heteroatoms. The van der Waals surface area contributed by atoms with Crippen LogP contribution in [0.5, 0.6) is 0 Å². The molecule has 7 nitrogen and oxygen atoms in total. The number of likely N-dealkylation sites (tertiary alicyclic amines) is 1. The van der Waals surface area contributed by atoms with Crippen LogP contribution in [0, 0.1) is 5.92 Å². The summed E-state index contributed by atoms with van der Waals surface area (Å²) in [5.41, 5.74) is 0.714. The smallest absolute Gasteiger partial charge is 0.249 e. The first-order valence-corrected chi connectivity index (χ1v) is 8.73. The monoisotopic (exact) mass is 345 g/mol. The normalized spacial score (nSPS) is 15.8. The Kier molecular flexibility index (Phi) is 4.84. The molecule has 1 saturated heterocycles. The highest BCUT2D eigenvalue weighted by atomic mass is 32.1. The summed E-state index contributed by atoms with van der Waals surface area (Å²) in [5.74, 6) is -0.158. The number of carbonyl (C=O) groups excluding carboxylic acids is 2. The van der Waals surface area contributed by atoms with E-state index in [2.05, 4.69) is 20.5 Å². The van der Waals surface area contributed by atoms with Gasteiger partial charge < -0.3 is 4.90 Å². The van der Waals surface area contributed by atoms with Crippen molar-refractivity contribution in [1.82, 2.24) is 20.1 Å². The van der Waals surface area contributed by atoms with Crippen molar-refractivity contribution in [3.8, 4) is 10.7 Å². The van der Waals surface area contributed by atoms with Gasteiger partial charge in [-0.05, 0) is 24.5 Å². The molecule has 0 saturated carbocycles. The molecule has 0 radical (unpaired) electrons. The molecule has 0 bridgehead atoms. The molecule has 3 rings (SSSR count). The highest BCUT2D eigenvalue weighted by molar-refractivity contribution is 7.18. The predicted molar refractivity (Wildman–Crippen MR) is 91.3 cm³/mol. The SMILES string of the molecule is CC(C)C(C(=O)Nc1nnc(-c2ccccn2)s1)N1CCCC1=O. The largest absolute Gasteiger partial charge is 0.330 e. The van der Waals surface area contributed by atoms with Crippen LogP contribution in [0.3, 0.4) is 0 Å². The van der Waals surface area contributed by atoms with Crippen LogP contribution in [0.1, 0.15) is 26.7 Å². The number of pyridine rings is 1. The Morgan fingerprint density at radius 2 is 2.17 bits per heavy atom. The van der Waals surface area contributed by atoms with Gasteiger partial charge in [-0.15, -0.1) is 10.2 Å². The lowest BCUT2D eigenvalue weighted by molar-refractivity contribution is -0.136. The molecule has 1 aliphatic rings. The Balaban J connectivity index is 1.74. The van der Waals surface area contributed by atoms with Crippen molar-refractivity contribution in [1.29, 1.82) is 0 Å². The second kappa shape index (κ2) is 7.04. The lowest BCUT2D eigenvalue weighted by Crippen LogP contribution is -2.47. The first kappa shape index (κ1) is 16.5. The molecule has 0 spiro atoms. The fourth-order valence-corrected chi connectivity index (χ4v) is 3.54. The van der Waals surface area contributed by atoms with E-state index < -0.39 is 6.04 Å². The van der Waals surface area contributed by atoms with Crippen LogP contribution in [0.4, 0.5) is 5.13 Å². The molecule has 2 amide bonds. The van der Waals surface area contributed by atoms with Gasteiger partial charge in [-0.3, -0.25) is 19.9 Å². The van der Waals surface area contributed by atoms with Gasteiger partial charge in [0.15, 0.2) is 5.01 Å². The minimum atomic E-state index is -0.484. The zero-order chi connectivity index (χ0) is 17.1. The van der Waals surface area contributed by atoms with Gasteiger partial charge in [0.1, 0.15) is 11.7 Å². The van der Waals surface area contributed by atoms with Crippen molar-refractivity contribution < 1.29 is 9.59 Å². The third-order valence-corrected chi connectivity index (χ3v) is 4.75. The van der Waals surface area contributed by atoms with Gasteiger partial charge in [0.25, 0.3) is 0 Å². The van der Waals surface area contributed by atoms with Crippen LogP contribution in [0.2, 0.25) is 0 Å². The fraction of sp³-hybridized carbons (Fsp3) is 0.438. The summed E-state index contributed by atoms with van der Waals surface area (Å²) in [7, 11) is 0. The number of amides is 2. The van der Waals surface area contributed by atoms with Crippen molar-refractivity contribution in [2.75, 3.05) is 11.9 Å². The van der Waals surface area contributed by atoms with E-state index >= 15 is 0 Å². The summed E-state index contributed by atoms with van der Waals surface area (Å²) in [4.78, 5) is 30.5. The van der Waals surface area contributed by atoms with Crippen molar-refractivity contribution in [3.05, 3.63) is 24.4 Å². The molecule has 2 aromatic rings. The van der Waals surface area contributed by atoms with E-state index in [4.69, 9.17) is 0 Å². The molecule has 3 heterocycles. The molecule has 24 heavy (non-hydrogen) atoms. The standard InChI is InChI=1S/C16H19N5O2S/c1-10(2)13(21-9-5-7-12(21)22)14(23)18-16-20-19-15(24-16)11-6-3-4-8-17-11/h3-4,6,8,10,13H,5,7,9H2,1-2H3,(H,18,20,23). The van der Waals surface area contributed by atoms with Gasteiger partial charge >= 0.3 is 0 Å². The van der Waals surface area contributed by atoms with Crippen LogP contribution in [-0.4, -0.2) is 44.5 Å². The molecule has 2 aromatic heterocycles. The molecular formula is C16H19N5O2S. The molecule has 1 aliphatic heterocycles. The maximum Gasteiger partial charge on any atom is 0.249 e. The second-order valence-corrected chi connectivity index (χ2v) is 6.97. The third kappa shape index (κ3) is 3.43. The first-order valence-electron chi connectivity index (χ1n) is 7.91. The minimum absolute atomic E-state index is 0.0234. The van der Waals surface area contributed by atoms with E-state index in [1.165, 1.54) is 11.3 Å². The maximum absolute atomic E-state index is 12.7. The lowest BCUT2D eigenvalue weighted by Gasteiger charge is -2.29. The van der Waals surface area contributed by atoms with Gasteiger partial charge in [0.2, 0.25) is 16.9 Å². The van der Waals surface area contributed by atoms with E-state index in [1.807, 2.05) is 32.0 Å². The third-order valence-electron chi connectivity index (χ3n) is 3.89. The van der Waals surface area contributed by atoms with Crippen LogP contribution in [0.15, 0.2) is 24.4 Å². The Hall–Kier alpha value is -2.35. The fourth-order valence-electron chi connectivity index (χ4n) is 2.81. The van der Waals surface area contributed by atoms with Crippen molar-refractivity contribution in [2.45, 2.75) is 32.7 Å². The summed E-state index contributed by atoms with van der Waals surface area (Å²) in [5, 5.41) is 11.9. The van der Waals surface area contributed by atoms with Crippen molar-refractivity contribution >= 4 is 28.3 Å². The topological polar surface area (TPSA) is 88.1 Å². The number of hydrogen-bond donors (Lipinski definition) is 1. The Morgan fingerprint density at radius 3 is 2.79 bits per heavy atom. The molecule has 126 valence electrons. The Labute approximate surface area is 144 Å². The molecule has 0 aromatic carbocycles. The number of rotatable bonds is 5. The highest BCUT2D eigenvalue weighted by Gasteiger charge is 2.35.